The van der Waals surface area contributed by atoms with Gasteiger partial charge in [0.1, 0.15) is 5.75 Å². The van der Waals surface area contributed by atoms with E-state index in [0.29, 0.717) is 24.6 Å². The molecule has 2 unspecified atom stereocenters. The third-order valence-electron chi connectivity index (χ3n) is 4.24. The molecule has 0 amide bonds. The Hall–Kier alpha value is -1.31. The van der Waals surface area contributed by atoms with Crippen molar-refractivity contribution in [1.82, 2.24) is 4.31 Å². The first-order valence-corrected chi connectivity index (χ1v) is 8.55. The molecule has 116 valence electrons. The van der Waals surface area contributed by atoms with Crippen molar-refractivity contribution in [2.75, 3.05) is 26.0 Å². The van der Waals surface area contributed by atoms with Gasteiger partial charge < -0.3 is 15.2 Å². The van der Waals surface area contributed by atoms with Crippen LogP contribution in [-0.2, 0) is 14.8 Å². The number of hydrogen-bond acceptors (Lipinski definition) is 5. The number of sulfonamides is 1. The number of anilines is 1. The van der Waals surface area contributed by atoms with Crippen LogP contribution in [0.4, 0.5) is 5.69 Å². The monoisotopic (exact) mass is 312 g/mol. The van der Waals surface area contributed by atoms with Crippen LogP contribution >= 0.6 is 0 Å². The van der Waals surface area contributed by atoms with Gasteiger partial charge in [0.15, 0.2) is 0 Å². The molecule has 0 bridgehead atoms. The Bertz CT molecular complexity index is 632. The Morgan fingerprint density at radius 1 is 1.38 bits per heavy atom. The zero-order valence-corrected chi connectivity index (χ0v) is 12.8. The maximum atomic E-state index is 12.9. The van der Waals surface area contributed by atoms with Crippen LogP contribution in [0.25, 0.3) is 0 Å². The van der Waals surface area contributed by atoms with Gasteiger partial charge in [-0.05, 0) is 31.4 Å². The summed E-state index contributed by atoms with van der Waals surface area (Å²) in [6.07, 6.45) is 2.83. The van der Waals surface area contributed by atoms with Gasteiger partial charge in [0, 0.05) is 12.6 Å². The minimum Gasteiger partial charge on any atom is -0.495 e. The highest BCUT2D eigenvalue weighted by molar-refractivity contribution is 7.89. The van der Waals surface area contributed by atoms with Gasteiger partial charge in [-0.25, -0.2) is 8.42 Å². The number of hydrogen-bond donors (Lipinski definition) is 1. The van der Waals surface area contributed by atoms with Crippen molar-refractivity contribution < 1.29 is 17.9 Å². The normalized spacial score (nSPS) is 26.5. The lowest BCUT2D eigenvalue weighted by molar-refractivity contribution is -0.0241. The summed E-state index contributed by atoms with van der Waals surface area (Å²) < 4.78 is 38.1. The molecule has 21 heavy (non-hydrogen) atoms. The zero-order chi connectivity index (χ0) is 15.0. The Labute approximate surface area is 124 Å². The number of morpholine rings is 1. The quantitative estimate of drug-likeness (QED) is 0.849. The fourth-order valence-electron chi connectivity index (χ4n) is 3.18. The van der Waals surface area contributed by atoms with Crippen molar-refractivity contribution in [1.29, 1.82) is 0 Å². The van der Waals surface area contributed by atoms with Crippen LogP contribution in [0, 0.1) is 0 Å². The Morgan fingerprint density at radius 3 is 2.95 bits per heavy atom. The molecule has 3 rings (SSSR count). The molecule has 1 aromatic rings. The highest BCUT2D eigenvalue weighted by Crippen LogP contribution is 2.34. The number of benzene rings is 1. The second-order valence-electron chi connectivity index (χ2n) is 5.43. The van der Waals surface area contributed by atoms with Gasteiger partial charge in [-0.2, -0.15) is 4.31 Å². The van der Waals surface area contributed by atoms with Crippen LogP contribution in [0.3, 0.4) is 0 Å². The van der Waals surface area contributed by atoms with E-state index >= 15 is 0 Å². The standard InChI is InChI=1S/C14H20N2O4S/c1-19-14-9-10(5-6-11(14)15)21(17,18)16-7-8-20-13-4-2-3-12(13)16/h5-6,9,12-13H,2-4,7-8,15H2,1H3. The first kappa shape index (κ1) is 14.6. The second-order valence-corrected chi connectivity index (χ2v) is 7.32. The molecule has 1 aromatic carbocycles. The van der Waals surface area contributed by atoms with E-state index in [0.717, 1.165) is 19.3 Å². The van der Waals surface area contributed by atoms with Crippen molar-refractivity contribution in [2.45, 2.75) is 36.3 Å². The van der Waals surface area contributed by atoms with Crippen molar-refractivity contribution in [3.05, 3.63) is 18.2 Å². The van der Waals surface area contributed by atoms with Crippen LogP contribution in [0.5, 0.6) is 5.75 Å². The number of nitrogens with two attached hydrogens (primary N) is 1. The number of ether oxygens (including phenoxy) is 2. The molecule has 0 spiro atoms. The summed E-state index contributed by atoms with van der Waals surface area (Å²) in [5.41, 5.74) is 6.18. The van der Waals surface area contributed by atoms with Gasteiger partial charge in [0.05, 0.1) is 36.4 Å². The largest absolute Gasteiger partial charge is 0.495 e. The van der Waals surface area contributed by atoms with Gasteiger partial charge in [-0.3, -0.25) is 0 Å². The highest BCUT2D eigenvalue weighted by atomic mass is 32.2. The number of rotatable bonds is 3. The van der Waals surface area contributed by atoms with Gasteiger partial charge in [-0.15, -0.1) is 0 Å². The number of fused-ring (bicyclic) bond motifs is 1. The Morgan fingerprint density at radius 2 is 2.19 bits per heavy atom. The highest BCUT2D eigenvalue weighted by Gasteiger charge is 2.42. The van der Waals surface area contributed by atoms with E-state index in [1.54, 1.807) is 10.4 Å². The average molecular weight is 312 g/mol. The molecule has 0 aromatic heterocycles. The summed E-state index contributed by atoms with van der Waals surface area (Å²) in [4.78, 5) is 0.223. The lowest BCUT2D eigenvalue weighted by Crippen LogP contribution is -2.51. The predicted octanol–water partition coefficient (Wildman–Crippen LogP) is 1.22. The molecule has 1 aliphatic heterocycles. The van der Waals surface area contributed by atoms with Gasteiger partial charge in [0.25, 0.3) is 0 Å². The van der Waals surface area contributed by atoms with Gasteiger partial charge in [0.2, 0.25) is 10.0 Å². The van der Waals surface area contributed by atoms with Crippen molar-refractivity contribution in [2.24, 2.45) is 0 Å². The maximum absolute atomic E-state index is 12.9. The molecule has 2 fully saturated rings. The number of nitrogens with zero attached hydrogens (tertiary/aromatic N) is 1. The van der Waals surface area contributed by atoms with E-state index in [-0.39, 0.29) is 17.0 Å². The molecule has 6 nitrogen and oxygen atoms in total. The lowest BCUT2D eigenvalue weighted by atomic mass is 10.2. The van der Waals surface area contributed by atoms with Crippen LogP contribution in [0.1, 0.15) is 19.3 Å². The van der Waals surface area contributed by atoms with Crippen LogP contribution < -0.4 is 10.5 Å². The Kier molecular flexibility index (Phi) is 3.81. The van der Waals surface area contributed by atoms with E-state index in [9.17, 15) is 8.42 Å². The maximum Gasteiger partial charge on any atom is 0.243 e. The van der Waals surface area contributed by atoms with E-state index in [2.05, 4.69) is 0 Å². The summed E-state index contributed by atoms with van der Waals surface area (Å²) in [6, 6.07) is 4.54. The predicted molar refractivity (Wildman–Crippen MR) is 78.7 cm³/mol. The lowest BCUT2D eigenvalue weighted by Gasteiger charge is -2.36. The minimum absolute atomic E-state index is 0.0317. The number of methoxy groups -OCH3 is 1. The van der Waals surface area contributed by atoms with E-state index in [4.69, 9.17) is 15.2 Å². The van der Waals surface area contributed by atoms with Crippen LogP contribution in [0.2, 0.25) is 0 Å². The minimum atomic E-state index is -3.55. The molecule has 1 saturated heterocycles. The van der Waals surface area contributed by atoms with Crippen molar-refractivity contribution >= 4 is 15.7 Å². The molecule has 7 heteroatoms. The third-order valence-corrected chi connectivity index (χ3v) is 6.16. The van der Waals surface area contributed by atoms with Crippen LogP contribution in [-0.4, -0.2) is 45.1 Å². The van der Waals surface area contributed by atoms with Gasteiger partial charge >= 0.3 is 0 Å². The molecule has 0 radical (unpaired) electrons. The van der Waals surface area contributed by atoms with E-state index < -0.39 is 10.0 Å². The third kappa shape index (κ3) is 2.49. The first-order valence-electron chi connectivity index (χ1n) is 7.11. The molecule has 1 aliphatic carbocycles. The number of nitrogen functional groups attached to an aromatic ring is 1. The zero-order valence-electron chi connectivity index (χ0n) is 12.0. The summed E-state index contributed by atoms with van der Waals surface area (Å²) in [5.74, 6) is 0.382. The van der Waals surface area contributed by atoms with Crippen molar-refractivity contribution in [3.8, 4) is 5.75 Å². The molecular formula is C14H20N2O4S. The summed E-state index contributed by atoms with van der Waals surface area (Å²) in [7, 11) is -2.07. The topological polar surface area (TPSA) is 81.9 Å². The fraction of sp³-hybridized carbons (Fsp3) is 0.571. The average Bonchev–Trinajstić information content (AvgIpc) is 2.95. The first-order chi connectivity index (χ1) is 10.0. The molecule has 2 aliphatic rings. The smallest absolute Gasteiger partial charge is 0.243 e. The van der Waals surface area contributed by atoms with Gasteiger partial charge in [-0.1, -0.05) is 0 Å². The SMILES string of the molecule is COc1cc(S(=O)(=O)N2CCOC3CCCC32)ccc1N. The molecule has 2 atom stereocenters. The Balaban J connectivity index is 1.96. The fourth-order valence-corrected chi connectivity index (χ4v) is 4.86. The molecule has 1 saturated carbocycles. The van der Waals surface area contributed by atoms with Crippen LogP contribution in [0.15, 0.2) is 23.1 Å². The summed E-state index contributed by atoms with van der Waals surface area (Å²) >= 11 is 0. The molecule has 2 N–H and O–H groups in total. The van der Waals surface area contributed by atoms with E-state index in [1.807, 2.05) is 0 Å². The van der Waals surface area contributed by atoms with Crippen molar-refractivity contribution in [3.63, 3.8) is 0 Å². The summed E-state index contributed by atoms with van der Waals surface area (Å²) in [6.45, 7) is 0.850. The molecule has 1 heterocycles. The molecular weight excluding hydrogens is 292 g/mol. The van der Waals surface area contributed by atoms with E-state index in [1.165, 1.54) is 19.2 Å². The summed E-state index contributed by atoms with van der Waals surface area (Å²) in [5, 5.41) is 0. The second kappa shape index (κ2) is 5.47.